The van der Waals surface area contributed by atoms with Crippen molar-refractivity contribution in [2.75, 3.05) is 13.2 Å². The first-order valence-corrected chi connectivity index (χ1v) is 7.70. The third-order valence-corrected chi connectivity index (χ3v) is 3.56. The molecule has 0 saturated carbocycles. The Hall–Kier alpha value is -1.02. The molecule has 0 fully saturated rings. The summed E-state index contributed by atoms with van der Waals surface area (Å²) in [7, 11) is 0. The van der Waals surface area contributed by atoms with Gasteiger partial charge in [-0.05, 0) is 49.4 Å². The summed E-state index contributed by atoms with van der Waals surface area (Å²) >= 11 is 0. The zero-order valence-electron chi connectivity index (χ0n) is 12.5. The molecule has 0 spiro atoms. The van der Waals surface area contributed by atoms with E-state index in [-0.39, 0.29) is 0 Å². The summed E-state index contributed by atoms with van der Waals surface area (Å²) in [5, 5.41) is 0. The minimum atomic E-state index is 0.585. The van der Waals surface area contributed by atoms with Crippen molar-refractivity contribution in [1.82, 2.24) is 0 Å². The molecule has 2 nitrogen and oxygen atoms in total. The molecule has 2 N–H and O–H groups in total. The maximum atomic E-state index is 5.75. The van der Waals surface area contributed by atoms with E-state index in [9.17, 15) is 0 Å². The summed E-state index contributed by atoms with van der Waals surface area (Å²) in [6.07, 6.45) is 7.26. The molecule has 0 heterocycles. The Morgan fingerprint density at radius 2 is 1.79 bits per heavy atom. The van der Waals surface area contributed by atoms with Crippen molar-refractivity contribution >= 4 is 0 Å². The van der Waals surface area contributed by atoms with Crippen LogP contribution in [0, 0.1) is 0 Å². The Kier molecular flexibility index (Phi) is 8.31. The van der Waals surface area contributed by atoms with Crippen molar-refractivity contribution in [3.8, 4) is 5.75 Å². The highest BCUT2D eigenvalue weighted by Gasteiger charge is 2.04. The monoisotopic (exact) mass is 263 g/mol. The number of hydrogen-bond donors (Lipinski definition) is 1. The lowest BCUT2D eigenvalue weighted by molar-refractivity contribution is 0.305. The highest BCUT2D eigenvalue weighted by molar-refractivity contribution is 5.29. The van der Waals surface area contributed by atoms with Crippen LogP contribution < -0.4 is 10.5 Å². The van der Waals surface area contributed by atoms with E-state index in [0.29, 0.717) is 5.92 Å². The highest BCUT2D eigenvalue weighted by atomic mass is 16.5. The molecule has 0 amide bonds. The standard InChI is InChI=1S/C17H29NO/c1-3-4-5-6-14-19-17-11-9-16(10-12-17)15(2)8-7-13-18/h9-12,15H,3-8,13-14,18H2,1-2H3. The Balaban J connectivity index is 2.30. The van der Waals surface area contributed by atoms with Crippen molar-refractivity contribution in [3.63, 3.8) is 0 Å². The highest BCUT2D eigenvalue weighted by Crippen LogP contribution is 2.23. The van der Waals surface area contributed by atoms with Crippen LogP contribution in [0.25, 0.3) is 0 Å². The lowest BCUT2D eigenvalue weighted by Gasteiger charge is -2.12. The lowest BCUT2D eigenvalue weighted by atomic mass is 9.96. The maximum Gasteiger partial charge on any atom is 0.119 e. The zero-order chi connectivity index (χ0) is 13.9. The predicted molar refractivity (Wildman–Crippen MR) is 82.8 cm³/mol. The van der Waals surface area contributed by atoms with E-state index < -0.39 is 0 Å². The van der Waals surface area contributed by atoms with E-state index in [2.05, 4.69) is 38.1 Å². The number of ether oxygens (including phenoxy) is 1. The minimum absolute atomic E-state index is 0.585. The first kappa shape index (κ1) is 16.0. The van der Waals surface area contributed by atoms with Gasteiger partial charge in [0.2, 0.25) is 0 Å². The number of unbranched alkanes of at least 4 members (excludes halogenated alkanes) is 3. The van der Waals surface area contributed by atoms with Crippen molar-refractivity contribution in [2.24, 2.45) is 5.73 Å². The molecule has 1 aromatic rings. The molecule has 0 aromatic heterocycles. The number of nitrogens with two attached hydrogens (primary N) is 1. The van der Waals surface area contributed by atoms with Crippen LogP contribution in [-0.2, 0) is 0 Å². The van der Waals surface area contributed by atoms with Crippen molar-refractivity contribution in [2.45, 2.75) is 58.3 Å². The van der Waals surface area contributed by atoms with E-state index in [1.807, 2.05) is 0 Å². The molecule has 0 radical (unpaired) electrons. The van der Waals surface area contributed by atoms with Crippen LogP contribution >= 0.6 is 0 Å². The van der Waals surface area contributed by atoms with E-state index in [1.165, 1.54) is 24.8 Å². The molecule has 19 heavy (non-hydrogen) atoms. The molecule has 0 bridgehead atoms. The Labute approximate surface area is 118 Å². The molecule has 1 unspecified atom stereocenters. The molecule has 1 atom stereocenters. The maximum absolute atomic E-state index is 5.75. The predicted octanol–water partition coefficient (Wildman–Crippen LogP) is 4.49. The fraction of sp³-hybridized carbons (Fsp3) is 0.647. The number of benzene rings is 1. The van der Waals surface area contributed by atoms with Crippen LogP contribution in [0.1, 0.15) is 63.9 Å². The fourth-order valence-corrected chi connectivity index (χ4v) is 2.20. The van der Waals surface area contributed by atoms with Gasteiger partial charge in [-0.2, -0.15) is 0 Å². The molecule has 108 valence electrons. The second kappa shape index (κ2) is 9.85. The van der Waals surface area contributed by atoms with Crippen LogP contribution in [0.2, 0.25) is 0 Å². The van der Waals surface area contributed by atoms with Gasteiger partial charge in [0.25, 0.3) is 0 Å². The average Bonchev–Trinajstić information content (AvgIpc) is 2.45. The molecular weight excluding hydrogens is 234 g/mol. The van der Waals surface area contributed by atoms with Gasteiger partial charge in [-0.25, -0.2) is 0 Å². The second-order valence-electron chi connectivity index (χ2n) is 5.31. The van der Waals surface area contributed by atoms with Crippen molar-refractivity contribution < 1.29 is 4.74 Å². The molecule has 0 aliphatic heterocycles. The molecule has 0 aliphatic rings. The molecule has 0 saturated heterocycles. The molecule has 1 rings (SSSR count). The molecular formula is C17H29NO. The third-order valence-electron chi connectivity index (χ3n) is 3.56. The van der Waals surface area contributed by atoms with Crippen molar-refractivity contribution in [1.29, 1.82) is 0 Å². The van der Waals surface area contributed by atoms with Gasteiger partial charge >= 0.3 is 0 Å². The summed E-state index contributed by atoms with van der Waals surface area (Å²) in [6.45, 7) is 6.10. The normalized spacial score (nSPS) is 12.4. The van der Waals surface area contributed by atoms with Gasteiger partial charge in [0, 0.05) is 0 Å². The Bertz CT molecular complexity index is 321. The zero-order valence-corrected chi connectivity index (χ0v) is 12.5. The van der Waals surface area contributed by atoms with Gasteiger partial charge < -0.3 is 10.5 Å². The van der Waals surface area contributed by atoms with E-state index in [1.54, 1.807) is 0 Å². The summed E-state index contributed by atoms with van der Waals surface area (Å²) in [5.74, 6) is 1.58. The van der Waals surface area contributed by atoms with Gasteiger partial charge in [-0.1, -0.05) is 45.2 Å². The lowest BCUT2D eigenvalue weighted by Crippen LogP contribution is -2.02. The summed E-state index contributed by atoms with van der Waals surface area (Å²) < 4.78 is 5.75. The smallest absolute Gasteiger partial charge is 0.119 e. The largest absolute Gasteiger partial charge is 0.494 e. The van der Waals surface area contributed by atoms with Crippen molar-refractivity contribution in [3.05, 3.63) is 29.8 Å². The van der Waals surface area contributed by atoms with Crippen LogP contribution in [-0.4, -0.2) is 13.2 Å². The summed E-state index contributed by atoms with van der Waals surface area (Å²) in [5.41, 5.74) is 6.93. The first-order valence-electron chi connectivity index (χ1n) is 7.70. The van der Waals surface area contributed by atoms with Gasteiger partial charge in [0.15, 0.2) is 0 Å². The van der Waals surface area contributed by atoms with Crippen LogP contribution in [0.3, 0.4) is 0 Å². The SMILES string of the molecule is CCCCCCOc1ccc(C(C)CCCN)cc1. The van der Waals surface area contributed by atoms with Crippen LogP contribution in [0.15, 0.2) is 24.3 Å². The van der Waals surface area contributed by atoms with Gasteiger partial charge in [-0.3, -0.25) is 0 Å². The summed E-state index contributed by atoms with van der Waals surface area (Å²) in [6, 6.07) is 8.55. The number of rotatable bonds is 10. The third kappa shape index (κ3) is 6.63. The van der Waals surface area contributed by atoms with E-state index in [4.69, 9.17) is 10.5 Å². The van der Waals surface area contributed by atoms with Gasteiger partial charge in [0.05, 0.1) is 6.61 Å². The molecule has 2 heteroatoms. The Morgan fingerprint density at radius 1 is 1.05 bits per heavy atom. The van der Waals surface area contributed by atoms with E-state index in [0.717, 1.165) is 38.2 Å². The van der Waals surface area contributed by atoms with Crippen LogP contribution in [0.5, 0.6) is 5.75 Å². The summed E-state index contributed by atoms with van der Waals surface area (Å²) in [4.78, 5) is 0. The Morgan fingerprint density at radius 3 is 2.42 bits per heavy atom. The van der Waals surface area contributed by atoms with E-state index >= 15 is 0 Å². The fourth-order valence-electron chi connectivity index (χ4n) is 2.20. The molecule has 0 aliphatic carbocycles. The van der Waals surface area contributed by atoms with Crippen LogP contribution in [0.4, 0.5) is 0 Å². The quantitative estimate of drug-likeness (QED) is 0.631. The van der Waals surface area contributed by atoms with Gasteiger partial charge in [0.1, 0.15) is 5.75 Å². The average molecular weight is 263 g/mol. The molecule has 1 aromatic carbocycles. The number of hydrogen-bond acceptors (Lipinski definition) is 2. The van der Waals surface area contributed by atoms with Gasteiger partial charge in [-0.15, -0.1) is 0 Å². The first-order chi connectivity index (χ1) is 9.27. The minimum Gasteiger partial charge on any atom is -0.494 e. The topological polar surface area (TPSA) is 35.2 Å². The second-order valence-corrected chi connectivity index (χ2v) is 5.31.